The number of para-hydroxylation sites is 2. The highest BCUT2D eigenvalue weighted by molar-refractivity contribution is 5.97. The molecular formula is C27H29N3O2. The van der Waals surface area contributed by atoms with Crippen LogP contribution >= 0.6 is 0 Å². The fourth-order valence-corrected chi connectivity index (χ4v) is 3.88. The van der Waals surface area contributed by atoms with Gasteiger partial charge < -0.3 is 19.9 Å². The van der Waals surface area contributed by atoms with Crippen molar-refractivity contribution >= 4 is 16.8 Å². The molecule has 0 aliphatic heterocycles. The molecule has 0 aliphatic carbocycles. The van der Waals surface area contributed by atoms with Gasteiger partial charge in [-0.3, -0.25) is 4.79 Å². The molecule has 2 N–H and O–H groups in total. The summed E-state index contributed by atoms with van der Waals surface area (Å²) in [4.78, 5) is 18.5. The minimum Gasteiger partial charge on any atom is -0.491 e. The summed E-state index contributed by atoms with van der Waals surface area (Å²) in [5.41, 5.74) is 3.97. The first-order valence-electron chi connectivity index (χ1n) is 10.9. The number of benzene rings is 3. The Morgan fingerprint density at radius 1 is 0.969 bits per heavy atom. The zero-order valence-corrected chi connectivity index (χ0v) is 18.5. The normalized spacial score (nSPS) is 12.1. The Hall–Kier alpha value is -3.57. The van der Waals surface area contributed by atoms with E-state index in [4.69, 9.17) is 4.74 Å². The molecule has 4 aromatic rings. The van der Waals surface area contributed by atoms with Crippen LogP contribution < -0.4 is 10.1 Å². The molecule has 164 valence electrons. The number of ether oxygens (including phenoxy) is 1. The van der Waals surface area contributed by atoms with Gasteiger partial charge in [0.05, 0.1) is 5.56 Å². The number of hydrogen-bond donors (Lipinski definition) is 2. The van der Waals surface area contributed by atoms with Gasteiger partial charge in [0.25, 0.3) is 5.91 Å². The minimum absolute atomic E-state index is 0.0260. The van der Waals surface area contributed by atoms with Crippen molar-refractivity contribution < 1.29 is 9.53 Å². The second-order valence-electron chi connectivity index (χ2n) is 8.11. The van der Waals surface area contributed by atoms with Crippen LogP contribution in [0.25, 0.3) is 10.9 Å². The highest BCUT2D eigenvalue weighted by atomic mass is 16.5. The van der Waals surface area contributed by atoms with E-state index in [-0.39, 0.29) is 11.8 Å². The maximum absolute atomic E-state index is 13.1. The molecule has 4 rings (SSSR count). The summed E-state index contributed by atoms with van der Waals surface area (Å²) < 4.78 is 5.88. The van der Waals surface area contributed by atoms with Crippen molar-refractivity contribution in [2.45, 2.75) is 5.92 Å². The van der Waals surface area contributed by atoms with Crippen LogP contribution in [0.4, 0.5) is 0 Å². The van der Waals surface area contributed by atoms with Crippen LogP contribution in [-0.4, -0.2) is 49.6 Å². The van der Waals surface area contributed by atoms with Gasteiger partial charge in [0.2, 0.25) is 0 Å². The van der Waals surface area contributed by atoms with Crippen LogP contribution in [0.5, 0.6) is 5.75 Å². The fraction of sp³-hybridized carbons (Fsp3) is 0.222. The molecule has 0 radical (unpaired) electrons. The van der Waals surface area contributed by atoms with Crippen LogP contribution in [-0.2, 0) is 0 Å². The number of nitrogens with zero attached hydrogens (tertiary/aromatic N) is 1. The van der Waals surface area contributed by atoms with Crippen LogP contribution in [0, 0.1) is 0 Å². The minimum atomic E-state index is -0.133. The van der Waals surface area contributed by atoms with Crippen molar-refractivity contribution in [3.63, 3.8) is 0 Å². The number of aromatic amines is 1. The second kappa shape index (κ2) is 10.2. The summed E-state index contributed by atoms with van der Waals surface area (Å²) in [5.74, 6) is 0.500. The number of rotatable bonds is 9. The van der Waals surface area contributed by atoms with Crippen molar-refractivity contribution in [1.82, 2.24) is 15.2 Å². The molecule has 32 heavy (non-hydrogen) atoms. The number of carbonyl (C=O) groups is 1. The van der Waals surface area contributed by atoms with Gasteiger partial charge in [-0.25, -0.2) is 0 Å². The van der Waals surface area contributed by atoms with E-state index in [2.05, 4.69) is 34.6 Å². The summed E-state index contributed by atoms with van der Waals surface area (Å²) >= 11 is 0. The van der Waals surface area contributed by atoms with Crippen LogP contribution in [0.2, 0.25) is 0 Å². The van der Waals surface area contributed by atoms with Gasteiger partial charge in [0.1, 0.15) is 12.4 Å². The number of fused-ring (bicyclic) bond motifs is 1. The maximum atomic E-state index is 13.1. The van der Waals surface area contributed by atoms with Gasteiger partial charge in [0, 0.05) is 36.1 Å². The molecule has 1 unspecified atom stereocenters. The number of likely N-dealkylation sites (N-methyl/N-ethyl adjacent to an activating group) is 1. The zero-order valence-electron chi connectivity index (χ0n) is 18.5. The van der Waals surface area contributed by atoms with E-state index in [0.717, 1.165) is 17.6 Å². The Bertz CT molecular complexity index is 1170. The summed E-state index contributed by atoms with van der Waals surface area (Å²) in [6, 6.07) is 26.0. The van der Waals surface area contributed by atoms with E-state index < -0.39 is 0 Å². The monoisotopic (exact) mass is 427 g/mol. The average Bonchev–Trinajstić information content (AvgIpc) is 3.24. The van der Waals surface area contributed by atoms with E-state index in [1.165, 1.54) is 10.9 Å². The molecule has 0 aliphatic rings. The molecule has 0 bridgehead atoms. The van der Waals surface area contributed by atoms with Crippen molar-refractivity contribution in [3.8, 4) is 5.75 Å². The van der Waals surface area contributed by atoms with E-state index >= 15 is 0 Å². The lowest BCUT2D eigenvalue weighted by Crippen LogP contribution is -2.29. The molecule has 0 saturated carbocycles. The first-order chi connectivity index (χ1) is 15.6. The number of hydrogen-bond acceptors (Lipinski definition) is 3. The number of carbonyl (C=O) groups excluding carboxylic acids is 1. The number of aromatic nitrogens is 1. The van der Waals surface area contributed by atoms with E-state index in [1.54, 1.807) is 0 Å². The third kappa shape index (κ3) is 5.01. The lowest BCUT2D eigenvalue weighted by molar-refractivity contribution is 0.0948. The summed E-state index contributed by atoms with van der Waals surface area (Å²) in [7, 11) is 3.99. The summed E-state index contributed by atoms with van der Waals surface area (Å²) in [6.07, 6.45) is 2.05. The number of nitrogens with one attached hydrogen (secondary N) is 2. The van der Waals surface area contributed by atoms with Gasteiger partial charge in [-0.2, -0.15) is 0 Å². The Morgan fingerprint density at radius 3 is 2.50 bits per heavy atom. The lowest BCUT2D eigenvalue weighted by atomic mass is 9.91. The van der Waals surface area contributed by atoms with Gasteiger partial charge in [0.15, 0.2) is 0 Å². The molecular weight excluding hydrogens is 398 g/mol. The van der Waals surface area contributed by atoms with Crippen molar-refractivity contribution in [3.05, 3.63) is 102 Å². The Labute approximate surface area is 189 Å². The topological polar surface area (TPSA) is 57.4 Å². The molecule has 1 amide bonds. The van der Waals surface area contributed by atoms with Gasteiger partial charge in [-0.05, 0) is 43.4 Å². The maximum Gasteiger partial charge on any atom is 0.255 e. The average molecular weight is 428 g/mol. The van der Waals surface area contributed by atoms with E-state index in [1.807, 2.05) is 79.8 Å². The van der Waals surface area contributed by atoms with Crippen LogP contribution in [0.15, 0.2) is 85.1 Å². The Balaban J connectivity index is 1.55. The third-order valence-electron chi connectivity index (χ3n) is 5.59. The highest BCUT2D eigenvalue weighted by Crippen LogP contribution is 2.30. The third-order valence-corrected chi connectivity index (χ3v) is 5.59. The second-order valence-corrected chi connectivity index (χ2v) is 8.11. The summed E-state index contributed by atoms with van der Waals surface area (Å²) in [5, 5.41) is 4.32. The molecule has 1 heterocycles. The first-order valence-corrected chi connectivity index (χ1v) is 10.9. The number of amides is 1. The van der Waals surface area contributed by atoms with Gasteiger partial charge in [-0.1, -0.05) is 60.7 Å². The number of H-pyrrole nitrogens is 1. The molecule has 0 saturated heterocycles. The van der Waals surface area contributed by atoms with Crippen LogP contribution in [0.1, 0.15) is 27.4 Å². The fourth-order valence-electron chi connectivity index (χ4n) is 3.88. The molecule has 5 nitrogen and oxygen atoms in total. The lowest BCUT2D eigenvalue weighted by Gasteiger charge is -2.19. The standard InChI is InChI=1S/C27H29N3O2/c1-30(2)16-17-32-26-15-9-7-13-22(26)27(31)29-18-23(20-10-4-3-5-11-20)24-19-28-25-14-8-6-12-21(24)25/h3-15,19,23,28H,16-18H2,1-2H3,(H,29,31). The van der Waals surface area contributed by atoms with Crippen LogP contribution in [0.3, 0.4) is 0 Å². The molecule has 0 spiro atoms. The van der Waals surface area contributed by atoms with E-state index in [0.29, 0.717) is 24.5 Å². The van der Waals surface area contributed by atoms with Crippen molar-refractivity contribution in [2.24, 2.45) is 0 Å². The smallest absolute Gasteiger partial charge is 0.255 e. The molecule has 0 fully saturated rings. The first kappa shape index (κ1) is 21.7. The Kier molecular flexibility index (Phi) is 6.87. The zero-order chi connectivity index (χ0) is 22.3. The predicted molar refractivity (Wildman–Crippen MR) is 129 cm³/mol. The largest absolute Gasteiger partial charge is 0.491 e. The highest BCUT2D eigenvalue weighted by Gasteiger charge is 2.20. The SMILES string of the molecule is CN(C)CCOc1ccccc1C(=O)NCC(c1ccccc1)c1c[nH]c2ccccc12. The molecule has 5 heteroatoms. The van der Waals surface area contributed by atoms with Gasteiger partial charge in [-0.15, -0.1) is 0 Å². The molecule has 3 aromatic carbocycles. The van der Waals surface area contributed by atoms with Gasteiger partial charge >= 0.3 is 0 Å². The van der Waals surface area contributed by atoms with Crippen molar-refractivity contribution in [1.29, 1.82) is 0 Å². The predicted octanol–water partition coefficient (Wildman–Crippen LogP) is 4.67. The quantitative estimate of drug-likeness (QED) is 0.408. The Morgan fingerprint density at radius 2 is 1.69 bits per heavy atom. The molecule has 1 atom stereocenters. The molecule has 1 aromatic heterocycles. The summed E-state index contributed by atoms with van der Waals surface area (Å²) in [6.45, 7) is 1.79. The van der Waals surface area contributed by atoms with E-state index in [9.17, 15) is 4.79 Å². The van der Waals surface area contributed by atoms with Crippen molar-refractivity contribution in [2.75, 3.05) is 33.8 Å².